The van der Waals surface area contributed by atoms with E-state index in [9.17, 15) is 0 Å². The molecule has 4 rings (SSSR count). The van der Waals surface area contributed by atoms with Gasteiger partial charge >= 0.3 is 0 Å². The van der Waals surface area contributed by atoms with Crippen molar-refractivity contribution in [1.82, 2.24) is 10.3 Å². The summed E-state index contributed by atoms with van der Waals surface area (Å²) in [6, 6.07) is 10.7. The molecule has 1 aromatic heterocycles. The Labute approximate surface area is 130 Å². The van der Waals surface area contributed by atoms with E-state index < -0.39 is 0 Å². The van der Waals surface area contributed by atoms with E-state index in [4.69, 9.17) is 4.98 Å². The lowest BCUT2D eigenvalue weighted by Gasteiger charge is -2.18. The summed E-state index contributed by atoms with van der Waals surface area (Å²) in [5, 5.41) is 4.67. The SMILES string of the molecule is CNCc1nc(C2CC3CCC2C3)sc1-c1ccccc1. The third-order valence-electron chi connectivity index (χ3n) is 5.15. The molecule has 1 N–H and O–H groups in total. The Morgan fingerprint density at radius 3 is 2.71 bits per heavy atom. The van der Waals surface area contributed by atoms with Gasteiger partial charge in [-0.1, -0.05) is 36.8 Å². The van der Waals surface area contributed by atoms with E-state index in [1.165, 1.54) is 46.8 Å². The van der Waals surface area contributed by atoms with Gasteiger partial charge in [-0.25, -0.2) is 4.98 Å². The third kappa shape index (κ3) is 2.43. The highest BCUT2D eigenvalue weighted by Crippen LogP contribution is 2.54. The maximum atomic E-state index is 5.03. The Morgan fingerprint density at radius 1 is 1.19 bits per heavy atom. The van der Waals surface area contributed by atoms with Gasteiger partial charge < -0.3 is 5.32 Å². The van der Waals surface area contributed by atoms with Crippen LogP contribution in [0.2, 0.25) is 0 Å². The van der Waals surface area contributed by atoms with Gasteiger partial charge in [-0.05, 0) is 43.7 Å². The van der Waals surface area contributed by atoms with Crippen LogP contribution in [0.1, 0.15) is 42.3 Å². The Morgan fingerprint density at radius 2 is 2.05 bits per heavy atom. The number of nitrogens with zero attached hydrogens (tertiary/aromatic N) is 1. The fourth-order valence-corrected chi connectivity index (χ4v) is 5.47. The first-order valence-corrected chi connectivity index (χ1v) is 8.86. The van der Waals surface area contributed by atoms with Gasteiger partial charge in [0.25, 0.3) is 0 Å². The monoisotopic (exact) mass is 298 g/mol. The maximum absolute atomic E-state index is 5.03. The molecule has 0 amide bonds. The number of rotatable bonds is 4. The number of hydrogen-bond donors (Lipinski definition) is 1. The zero-order chi connectivity index (χ0) is 14.2. The Kier molecular flexibility index (Phi) is 3.56. The summed E-state index contributed by atoms with van der Waals surface area (Å²) in [6.45, 7) is 0.863. The van der Waals surface area contributed by atoms with Crippen molar-refractivity contribution < 1.29 is 0 Å². The van der Waals surface area contributed by atoms with Gasteiger partial charge in [-0.3, -0.25) is 0 Å². The molecule has 2 aromatic rings. The minimum atomic E-state index is 0.738. The first-order valence-electron chi connectivity index (χ1n) is 8.04. The van der Waals surface area contributed by atoms with Crippen molar-refractivity contribution in [2.75, 3.05) is 7.05 Å². The molecule has 0 radical (unpaired) electrons. The molecule has 21 heavy (non-hydrogen) atoms. The highest BCUT2D eigenvalue weighted by molar-refractivity contribution is 7.15. The number of fused-ring (bicyclic) bond motifs is 2. The van der Waals surface area contributed by atoms with Crippen LogP contribution in [-0.4, -0.2) is 12.0 Å². The van der Waals surface area contributed by atoms with Crippen LogP contribution in [0, 0.1) is 11.8 Å². The summed E-state index contributed by atoms with van der Waals surface area (Å²) in [6.07, 6.45) is 5.72. The summed E-state index contributed by atoms with van der Waals surface area (Å²) in [5.74, 6) is 2.63. The fourth-order valence-electron chi connectivity index (χ4n) is 4.18. The minimum Gasteiger partial charge on any atom is -0.314 e. The second-order valence-electron chi connectivity index (χ2n) is 6.51. The molecule has 2 aliphatic carbocycles. The van der Waals surface area contributed by atoms with Crippen LogP contribution in [0.5, 0.6) is 0 Å². The Balaban J connectivity index is 1.70. The van der Waals surface area contributed by atoms with Gasteiger partial charge in [-0.15, -0.1) is 11.3 Å². The second-order valence-corrected chi connectivity index (χ2v) is 7.54. The predicted octanol–water partition coefficient (Wildman–Crippen LogP) is 4.43. The molecule has 2 saturated carbocycles. The van der Waals surface area contributed by atoms with Crippen molar-refractivity contribution in [2.45, 2.75) is 38.1 Å². The number of aromatic nitrogens is 1. The smallest absolute Gasteiger partial charge is 0.0969 e. The van der Waals surface area contributed by atoms with Gasteiger partial charge in [0.2, 0.25) is 0 Å². The van der Waals surface area contributed by atoms with Crippen LogP contribution in [0.25, 0.3) is 10.4 Å². The van der Waals surface area contributed by atoms with Crippen LogP contribution >= 0.6 is 11.3 Å². The van der Waals surface area contributed by atoms with Crippen LogP contribution in [-0.2, 0) is 6.54 Å². The summed E-state index contributed by atoms with van der Waals surface area (Å²) in [5.41, 5.74) is 2.54. The number of hydrogen-bond acceptors (Lipinski definition) is 3. The zero-order valence-corrected chi connectivity index (χ0v) is 13.3. The zero-order valence-electron chi connectivity index (χ0n) is 12.5. The summed E-state index contributed by atoms with van der Waals surface area (Å²) in [7, 11) is 2.01. The summed E-state index contributed by atoms with van der Waals surface area (Å²) >= 11 is 1.94. The number of thiazole rings is 1. The van der Waals surface area contributed by atoms with E-state index in [1.54, 1.807) is 0 Å². The first kappa shape index (κ1) is 13.5. The minimum absolute atomic E-state index is 0.738. The van der Waals surface area contributed by atoms with E-state index >= 15 is 0 Å². The second kappa shape index (κ2) is 5.54. The largest absolute Gasteiger partial charge is 0.314 e. The number of benzene rings is 1. The van der Waals surface area contributed by atoms with Crippen molar-refractivity contribution in [3.8, 4) is 10.4 Å². The Hall–Kier alpha value is -1.19. The Bertz CT molecular complexity index is 619. The van der Waals surface area contributed by atoms with Crippen molar-refractivity contribution in [3.05, 3.63) is 41.0 Å². The van der Waals surface area contributed by atoms with E-state index in [0.29, 0.717) is 0 Å². The predicted molar refractivity (Wildman–Crippen MR) is 88.5 cm³/mol. The molecule has 3 unspecified atom stereocenters. The molecule has 1 aromatic carbocycles. The quantitative estimate of drug-likeness (QED) is 0.903. The molecule has 3 heteroatoms. The van der Waals surface area contributed by atoms with Crippen LogP contribution in [0.3, 0.4) is 0 Å². The molecular formula is C18H22N2S. The summed E-state index contributed by atoms with van der Waals surface area (Å²) < 4.78 is 0. The first-order chi connectivity index (χ1) is 10.3. The lowest BCUT2D eigenvalue weighted by atomic mass is 9.89. The van der Waals surface area contributed by atoms with Crippen molar-refractivity contribution in [1.29, 1.82) is 0 Å². The average Bonchev–Trinajstić information content (AvgIpc) is 3.23. The van der Waals surface area contributed by atoms with Crippen molar-refractivity contribution >= 4 is 11.3 Å². The van der Waals surface area contributed by atoms with Gasteiger partial charge in [0, 0.05) is 12.5 Å². The van der Waals surface area contributed by atoms with E-state index in [-0.39, 0.29) is 0 Å². The molecule has 110 valence electrons. The van der Waals surface area contributed by atoms with Crippen LogP contribution in [0.15, 0.2) is 30.3 Å². The highest BCUT2D eigenvalue weighted by Gasteiger charge is 2.41. The van der Waals surface area contributed by atoms with Gasteiger partial charge in [0.15, 0.2) is 0 Å². The van der Waals surface area contributed by atoms with E-state index in [0.717, 1.165) is 24.3 Å². The molecule has 0 saturated heterocycles. The van der Waals surface area contributed by atoms with Crippen LogP contribution in [0.4, 0.5) is 0 Å². The molecule has 0 spiro atoms. The summed E-state index contributed by atoms with van der Waals surface area (Å²) in [4.78, 5) is 6.40. The molecule has 2 bridgehead atoms. The lowest BCUT2D eigenvalue weighted by Crippen LogP contribution is -2.09. The highest BCUT2D eigenvalue weighted by atomic mass is 32.1. The van der Waals surface area contributed by atoms with Gasteiger partial charge in [0.05, 0.1) is 15.6 Å². The van der Waals surface area contributed by atoms with Crippen molar-refractivity contribution in [3.63, 3.8) is 0 Å². The normalized spacial score (nSPS) is 27.4. The fraction of sp³-hybridized carbons (Fsp3) is 0.500. The topological polar surface area (TPSA) is 24.9 Å². The van der Waals surface area contributed by atoms with Crippen LogP contribution < -0.4 is 5.32 Å². The number of nitrogens with one attached hydrogen (secondary N) is 1. The lowest BCUT2D eigenvalue weighted by molar-refractivity contribution is 0.418. The molecule has 0 aliphatic heterocycles. The standard InChI is InChI=1S/C18H22N2S/c1-19-11-16-17(13-5-3-2-4-6-13)21-18(20-16)15-10-12-7-8-14(15)9-12/h2-6,12,14-15,19H,7-11H2,1H3. The van der Waals surface area contributed by atoms with Gasteiger partial charge in [-0.2, -0.15) is 0 Å². The molecule has 2 fully saturated rings. The average molecular weight is 298 g/mol. The molecule has 1 heterocycles. The third-order valence-corrected chi connectivity index (χ3v) is 6.43. The maximum Gasteiger partial charge on any atom is 0.0969 e. The molecule has 2 nitrogen and oxygen atoms in total. The van der Waals surface area contributed by atoms with E-state index in [1.807, 2.05) is 18.4 Å². The molecule has 2 aliphatic rings. The molecular weight excluding hydrogens is 276 g/mol. The van der Waals surface area contributed by atoms with E-state index in [2.05, 4.69) is 35.6 Å². The van der Waals surface area contributed by atoms with Crippen molar-refractivity contribution in [2.24, 2.45) is 11.8 Å². The van der Waals surface area contributed by atoms with Gasteiger partial charge in [0.1, 0.15) is 0 Å². The molecule has 3 atom stereocenters.